The van der Waals surface area contributed by atoms with E-state index in [0.717, 1.165) is 22.7 Å². The predicted octanol–water partition coefficient (Wildman–Crippen LogP) is 4.47. The summed E-state index contributed by atoms with van der Waals surface area (Å²) in [5.41, 5.74) is 0. The molecule has 2 rings (SSSR count). The zero-order chi connectivity index (χ0) is 13.8. The molecule has 0 aromatic carbocycles. The fourth-order valence-electron chi connectivity index (χ4n) is 2.64. The van der Waals surface area contributed by atoms with Gasteiger partial charge in [0.25, 0.3) is 5.91 Å². The number of nitrogens with zero attached hydrogens (tertiary/aromatic N) is 1. The van der Waals surface area contributed by atoms with Crippen LogP contribution in [0.3, 0.4) is 0 Å². The molecule has 1 aromatic rings. The Morgan fingerprint density at radius 1 is 1.47 bits per heavy atom. The minimum atomic E-state index is 0.206. The van der Waals surface area contributed by atoms with Gasteiger partial charge in [-0.3, -0.25) is 4.79 Å². The van der Waals surface area contributed by atoms with E-state index in [1.807, 2.05) is 11.4 Å². The van der Waals surface area contributed by atoms with Crippen LogP contribution < -0.4 is 0 Å². The van der Waals surface area contributed by atoms with Crippen molar-refractivity contribution >= 4 is 29.9 Å². The van der Waals surface area contributed by atoms with E-state index in [-0.39, 0.29) is 5.91 Å². The van der Waals surface area contributed by atoms with Gasteiger partial charge in [-0.1, -0.05) is 26.7 Å². The van der Waals surface area contributed by atoms with Gasteiger partial charge in [0.05, 0.1) is 4.88 Å². The van der Waals surface area contributed by atoms with E-state index < -0.39 is 0 Å². The van der Waals surface area contributed by atoms with E-state index >= 15 is 0 Å². The second-order valence-electron chi connectivity index (χ2n) is 5.79. The number of hydrogen-bond donors (Lipinski definition) is 1. The van der Waals surface area contributed by atoms with Gasteiger partial charge in [0.15, 0.2) is 0 Å². The Morgan fingerprint density at radius 2 is 2.16 bits per heavy atom. The van der Waals surface area contributed by atoms with Crippen molar-refractivity contribution in [2.75, 3.05) is 6.54 Å². The smallest absolute Gasteiger partial charge is 0.264 e. The second-order valence-corrected chi connectivity index (χ2v) is 7.22. The van der Waals surface area contributed by atoms with Crippen LogP contribution in [-0.4, -0.2) is 23.4 Å². The molecule has 1 fully saturated rings. The van der Waals surface area contributed by atoms with Gasteiger partial charge in [-0.25, -0.2) is 0 Å². The van der Waals surface area contributed by atoms with Crippen molar-refractivity contribution in [1.82, 2.24) is 4.90 Å². The summed E-state index contributed by atoms with van der Waals surface area (Å²) in [5, 5.41) is 1.94. The average Bonchev–Trinajstić information content (AvgIpc) is 3.00. The third kappa shape index (κ3) is 3.99. The molecular formula is C15H23NOS2. The van der Waals surface area contributed by atoms with Crippen molar-refractivity contribution in [3.63, 3.8) is 0 Å². The highest BCUT2D eigenvalue weighted by Crippen LogP contribution is 2.27. The molecule has 1 aliphatic rings. The number of hydrogen-bond acceptors (Lipinski definition) is 3. The van der Waals surface area contributed by atoms with Crippen LogP contribution >= 0.6 is 24.0 Å². The van der Waals surface area contributed by atoms with Crippen LogP contribution in [-0.2, 0) is 0 Å². The number of rotatable bonds is 5. The lowest BCUT2D eigenvalue weighted by Crippen LogP contribution is -2.39. The van der Waals surface area contributed by atoms with Gasteiger partial charge < -0.3 is 4.90 Å². The highest BCUT2D eigenvalue weighted by Gasteiger charge is 2.27. The van der Waals surface area contributed by atoms with Crippen molar-refractivity contribution in [2.45, 2.75) is 56.9 Å². The molecule has 4 heteroatoms. The third-order valence-electron chi connectivity index (χ3n) is 3.77. The largest absolute Gasteiger partial charge is 0.335 e. The Bertz CT molecular complexity index is 422. The van der Waals surface area contributed by atoms with Gasteiger partial charge in [0, 0.05) is 22.9 Å². The maximum absolute atomic E-state index is 12.7. The standard InChI is InChI=1S/C15H23NOS2/c1-11(2)7-8-16(12-5-3-4-6-12)15(17)14-9-13(18)10-19-14/h9-12,18H,3-8H2,1-2H3. The van der Waals surface area contributed by atoms with Crippen molar-refractivity contribution in [2.24, 2.45) is 5.92 Å². The fraction of sp³-hybridized carbons (Fsp3) is 0.667. The minimum Gasteiger partial charge on any atom is -0.335 e. The van der Waals surface area contributed by atoms with Gasteiger partial charge in [-0.2, -0.15) is 0 Å². The average molecular weight is 297 g/mol. The van der Waals surface area contributed by atoms with Crippen LogP contribution in [0, 0.1) is 5.92 Å². The van der Waals surface area contributed by atoms with E-state index in [1.54, 1.807) is 0 Å². The highest BCUT2D eigenvalue weighted by molar-refractivity contribution is 7.80. The maximum atomic E-state index is 12.7. The topological polar surface area (TPSA) is 20.3 Å². The Balaban J connectivity index is 2.09. The van der Waals surface area contributed by atoms with Crippen molar-refractivity contribution in [3.05, 3.63) is 16.3 Å². The molecule has 1 aliphatic carbocycles. The first kappa shape index (κ1) is 14.9. The Labute approximate surface area is 125 Å². The lowest BCUT2D eigenvalue weighted by molar-refractivity contribution is 0.0677. The summed E-state index contributed by atoms with van der Waals surface area (Å²) in [6, 6.07) is 2.35. The number of thiophene rings is 1. The molecule has 0 bridgehead atoms. The van der Waals surface area contributed by atoms with E-state index in [0.29, 0.717) is 12.0 Å². The summed E-state index contributed by atoms with van der Waals surface area (Å²) in [6.45, 7) is 5.32. The zero-order valence-corrected chi connectivity index (χ0v) is 13.5. The Morgan fingerprint density at radius 3 is 2.68 bits per heavy atom. The summed E-state index contributed by atoms with van der Waals surface area (Å²) in [4.78, 5) is 16.5. The predicted molar refractivity (Wildman–Crippen MR) is 84.3 cm³/mol. The van der Waals surface area contributed by atoms with Gasteiger partial charge >= 0.3 is 0 Å². The molecule has 1 aromatic heterocycles. The molecule has 19 heavy (non-hydrogen) atoms. The van der Waals surface area contributed by atoms with E-state index in [2.05, 4.69) is 31.4 Å². The molecule has 0 unspecified atom stereocenters. The van der Waals surface area contributed by atoms with Gasteiger partial charge in [-0.05, 0) is 31.2 Å². The van der Waals surface area contributed by atoms with E-state index in [9.17, 15) is 4.79 Å². The quantitative estimate of drug-likeness (QED) is 0.795. The first-order valence-electron chi connectivity index (χ1n) is 7.16. The normalized spacial score (nSPS) is 16.2. The van der Waals surface area contributed by atoms with Crippen LogP contribution in [0.4, 0.5) is 0 Å². The Kier molecular flexibility index (Phi) is 5.34. The first-order valence-corrected chi connectivity index (χ1v) is 8.49. The Hall–Kier alpha value is -0.480. The SMILES string of the molecule is CC(C)CCN(C(=O)c1cc(S)cs1)C1CCCC1. The van der Waals surface area contributed by atoms with Gasteiger partial charge in [0.1, 0.15) is 0 Å². The van der Waals surface area contributed by atoms with Crippen molar-refractivity contribution in [1.29, 1.82) is 0 Å². The molecule has 1 amide bonds. The van der Waals surface area contributed by atoms with Crippen LogP contribution in [0.25, 0.3) is 0 Å². The molecule has 0 atom stereocenters. The highest BCUT2D eigenvalue weighted by atomic mass is 32.1. The number of thiol groups is 1. The number of carbonyl (C=O) groups excluding carboxylic acids is 1. The van der Waals surface area contributed by atoms with Crippen LogP contribution in [0.5, 0.6) is 0 Å². The fourth-order valence-corrected chi connectivity index (χ4v) is 3.75. The molecule has 106 valence electrons. The monoisotopic (exact) mass is 297 g/mol. The summed E-state index contributed by atoms with van der Waals surface area (Å²) in [5.74, 6) is 0.846. The summed E-state index contributed by atoms with van der Waals surface area (Å²) < 4.78 is 0. The van der Waals surface area contributed by atoms with Crippen LogP contribution in [0.1, 0.15) is 55.6 Å². The van der Waals surface area contributed by atoms with E-state index in [4.69, 9.17) is 0 Å². The molecular weight excluding hydrogens is 274 g/mol. The molecule has 0 spiro atoms. The second kappa shape index (κ2) is 6.80. The molecule has 0 aliphatic heterocycles. The van der Waals surface area contributed by atoms with E-state index in [1.165, 1.54) is 37.0 Å². The number of amides is 1. The molecule has 1 heterocycles. The number of carbonyl (C=O) groups is 1. The lowest BCUT2D eigenvalue weighted by Gasteiger charge is -2.29. The van der Waals surface area contributed by atoms with Gasteiger partial charge in [0.2, 0.25) is 0 Å². The third-order valence-corrected chi connectivity index (χ3v) is 5.12. The van der Waals surface area contributed by atoms with Crippen LogP contribution in [0.2, 0.25) is 0 Å². The first-order chi connectivity index (χ1) is 9.08. The maximum Gasteiger partial charge on any atom is 0.264 e. The summed E-state index contributed by atoms with van der Waals surface area (Å²) in [7, 11) is 0. The van der Waals surface area contributed by atoms with Gasteiger partial charge in [-0.15, -0.1) is 24.0 Å². The molecule has 0 radical (unpaired) electrons. The van der Waals surface area contributed by atoms with Crippen molar-refractivity contribution in [3.8, 4) is 0 Å². The van der Waals surface area contributed by atoms with Crippen LogP contribution in [0.15, 0.2) is 16.3 Å². The molecule has 2 nitrogen and oxygen atoms in total. The molecule has 0 saturated heterocycles. The molecule has 0 N–H and O–H groups in total. The lowest BCUT2D eigenvalue weighted by atomic mass is 10.1. The minimum absolute atomic E-state index is 0.206. The molecule has 1 saturated carbocycles. The van der Waals surface area contributed by atoms with Crippen molar-refractivity contribution < 1.29 is 4.79 Å². The zero-order valence-electron chi connectivity index (χ0n) is 11.8. The summed E-state index contributed by atoms with van der Waals surface area (Å²) in [6.07, 6.45) is 5.95. The summed E-state index contributed by atoms with van der Waals surface area (Å²) >= 11 is 5.81.